The molecule has 0 aliphatic rings. The van der Waals surface area contributed by atoms with Crippen LogP contribution in [0, 0.1) is 11.3 Å². The molecule has 0 saturated carbocycles. The topological polar surface area (TPSA) is 98.9 Å². The van der Waals surface area contributed by atoms with E-state index in [9.17, 15) is 4.79 Å². The number of aromatic carboxylic acids is 1. The molecule has 0 amide bonds. The van der Waals surface area contributed by atoms with Gasteiger partial charge in [0.1, 0.15) is 11.9 Å². The molecule has 0 unspecified atom stereocenters. The Kier molecular flexibility index (Phi) is 3.69. The zero-order valence-electron chi connectivity index (χ0n) is 9.87. The number of nitrogens with one attached hydrogen (secondary N) is 1. The molecule has 0 spiro atoms. The number of hydrogen-bond acceptors (Lipinski definition) is 5. The van der Waals surface area contributed by atoms with Gasteiger partial charge in [0.2, 0.25) is 0 Å². The van der Waals surface area contributed by atoms with Crippen molar-refractivity contribution in [3.63, 3.8) is 0 Å². The second kappa shape index (κ2) is 5.60. The number of aromatic nitrogens is 2. The molecule has 6 heteroatoms. The van der Waals surface area contributed by atoms with Crippen LogP contribution >= 0.6 is 0 Å². The highest BCUT2D eigenvalue weighted by Gasteiger charge is 2.03. The molecule has 0 atom stereocenters. The van der Waals surface area contributed by atoms with Crippen LogP contribution in [0.25, 0.3) is 0 Å². The van der Waals surface area contributed by atoms with Crippen molar-refractivity contribution >= 4 is 11.8 Å². The van der Waals surface area contributed by atoms with Crippen LogP contribution in [0.5, 0.6) is 0 Å². The highest BCUT2D eigenvalue weighted by Crippen LogP contribution is 2.08. The number of nitriles is 1. The third kappa shape index (κ3) is 3.26. The molecule has 94 valence electrons. The minimum absolute atomic E-state index is 0.241. The predicted octanol–water partition coefficient (Wildman–Crippen LogP) is 1.66. The van der Waals surface area contributed by atoms with Crippen LogP contribution in [0.15, 0.2) is 36.7 Å². The van der Waals surface area contributed by atoms with Crippen molar-refractivity contribution in [2.45, 2.75) is 6.54 Å². The summed E-state index contributed by atoms with van der Waals surface area (Å²) in [6.45, 7) is 0.432. The molecule has 0 fully saturated rings. The van der Waals surface area contributed by atoms with Crippen LogP contribution in [-0.2, 0) is 6.54 Å². The lowest BCUT2D eigenvalue weighted by molar-refractivity contribution is 0.0697. The smallest absolute Gasteiger partial charge is 0.335 e. The number of rotatable bonds is 4. The molecule has 0 aliphatic carbocycles. The fourth-order valence-electron chi connectivity index (χ4n) is 1.48. The molecule has 2 N–H and O–H groups in total. The molecule has 0 aliphatic heterocycles. The summed E-state index contributed by atoms with van der Waals surface area (Å²) in [6, 6.07) is 8.51. The minimum Gasteiger partial charge on any atom is -0.478 e. The summed E-state index contributed by atoms with van der Waals surface area (Å²) in [7, 11) is 0. The van der Waals surface area contributed by atoms with Crippen molar-refractivity contribution < 1.29 is 9.90 Å². The van der Waals surface area contributed by atoms with E-state index in [4.69, 9.17) is 10.4 Å². The van der Waals surface area contributed by atoms with Crippen molar-refractivity contribution in [1.82, 2.24) is 9.97 Å². The van der Waals surface area contributed by atoms with Gasteiger partial charge in [0.25, 0.3) is 0 Å². The summed E-state index contributed by atoms with van der Waals surface area (Å²) in [5, 5.41) is 20.5. The summed E-state index contributed by atoms with van der Waals surface area (Å²) in [6.07, 6.45) is 2.83. The summed E-state index contributed by atoms with van der Waals surface area (Å²) in [5.74, 6) is -0.431. The van der Waals surface area contributed by atoms with E-state index in [2.05, 4.69) is 15.3 Å². The van der Waals surface area contributed by atoms with Crippen LogP contribution in [-0.4, -0.2) is 21.0 Å². The van der Waals surface area contributed by atoms with Gasteiger partial charge in [-0.2, -0.15) is 5.26 Å². The first-order valence-corrected chi connectivity index (χ1v) is 5.47. The van der Waals surface area contributed by atoms with E-state index < -0.39 is 5.97 Å². The maximum atomic E-state index is 10.8. The molecule has 2 rings (SSSR count). The van der Waals surface area contributed by atoms with E-state index in [0.29, 0.717) is 12.4 Å². The molecule has 1 aromatic heterocycles. The van der Waals surface area contributed by atoms with Crippen LogP contribution in [0.3, 0.4) is 0 Å². The number of hydrogen-bond donors (Lipinski definition) is 2. The van der Waals surface area contributed by atoms with Crippen molar-refractivity contribution in [3.8, 4) is 6.07 Å². The Morgan fingerprint density at radius 3 is 2.84 bits per heavy atom. The lowest BCUT2D eigenvalue weighted by Crippen LogP contribution is -2.04. The molecule has 0 radical (unpaired) electrons. The van der Waals surface area contributed by atoms with Gasteiger partial charge in [-0.15, -0.1) is 0 Å². The van der Waals surface area contributed by atoms with Crippen molar-refractivity contribution in [1.29, 1.82) is 5.26 Å². The number of benzene rings is 1. The van der Waals surface area contributed by atoms with Gasteiger partial charge in [-0.25, -0.2) is 14.8 Å². The van der Waals surface area contributed by atoms with Crippen LogP contribution < -0.4 is 5.32 Å². The highest BCUT2D eigenvalue weighted by atomic mass is 16.4. The molecule has 1 heterocycles. The van der Waals surface area contributed by atoms with Gasteiger partial charge in [0.15, 0.2) is 5.69 Å². The van der Waals surface area contributed by atoms with E-state index in [1.807, 2.05) is 12.1 Å². The Morgan fingerprint density at radius 1 is 1.37 bits per heavy atom. The van der Waals surface area contributed by atoms with Gasteiger partial charge in [0, 0.05) is 6.54 Å². The Bertz CT molecular complexity index is 632. The van der Waals surface area contributed by atoms with Crippen LogP contribution in [0.1, 0.15) is 21.6 Å². The van der Waals surface area contributed by atoms with Crippen LogP contribution in [0.4, 0.5) is 5.82 Å². The largest absolute Gasteiger partial charge is 0.478 e. The molecule has 19 heavy (non-hydrogen) atoms. The molecule has 0 bridgehead atoms. The third-order valence-corrected chi connectivity index (χ3v) is 2.41. The van der Waals surface area contributed by atoms with Crippen LogP contribution in [0.2, 0.25) is 0 Å². The van der Waals surface area contributed by atoms with E-state index >= 15 is 0 Å². The minimum atomic E-state index is -0.958. The first-order valence-electron chi connectivity index (χ1n) is 5.47. The fraction of sp³-hybridized carbons (Fsp3) is 0.0769. The van der Waals surface area contributed by atoms with Gasteiger partial charge in [-0.1, -0.05) is 12.1 Å². The van der Waals surface area contributed by atoms with Gasteiger partial charge < -0.3 is 10.4 Å². The Hall–Kier alpha value is -2.94. The normalized spacial score (nSPS) is 9.63. The molecular weight excluding hydrogens is 244 g/mol. The quantitative estimate of drug-likeness (QED) is 0.860. The number of carboxylic acids is 1. The summed E-state index contributed by atoms with van der Waals surface area (Å²) >= 11 is 0. The number of anilines is 1. The SMILES string of the molecule is N#Cc1cnc(NCc2cccc(C(=O)O)c2)cn1. The Labute approximate surface area is 109 Å². The first-order chi connectivity index (χ1) is 9.19. The fourth-order valence-corrected chi connectivity index (χ4v) is 1.48. The number of nitrogens with zero attached hydrogens (tertiary/aromatic N) is 3. The van der Waals surface area contributed by atoms with Crippen molar-refractivity contribution in [3.05, 3.63) is 53.5 Å². The maximum Gasteiger partial charge on any atom is 0.335 e. The maximum absolute atomic E-state index is 10.8. The Morgan fingerprint density at radius 2 is 2.21 bits per heavy atom. The molecular formula is C13H10N4O2. The van der Waals surface area contributed by atoms with Crippen molar-refractivity contribution in [2.24, 2.45) is 0 Å². The van der Waals surface area contributed by atoms with E-state index in [0.717, 1.165) is 5.56 Å². The lowest BCUT2D eigenvalue weighted by Gasteiger charge is -2.05. The molecule has 0 saturated heterocycles. The average molecular weight is 254 g/mol. The Balaban J connectivity index is 2.03. The van der Waals surface area contributed by atoms with Crippen molar-refractivity contribution in [2.75, 3.05) is 5.32 Å². The van der Waals surface area contributed by atoms with Gasteiger partial charge >= 0.3 is 5.97 Å². The first kappa shape index (κ1) is 12.5. The van der Waals surface area contributed by atoms with E-state index in [1.54, 1.807) is 12.1 Å². The summed E-state index contributed by atoms with van der Waals surface area (Å²) in [4.78, 5) is 18.7. The zero-order chi connectivity index (χ0) is 13.7. The van der Waals surface area contributed by atoms with Gasteiger partial charge in [0.05, 0.1) is 18.0 Å². The summed E-state index contributed by atoms with van der Waals surface area (Å²) < 4.78 is 0. The standard InChI is InChI=1S/C13H10N4O2/c14-5-11-7-17-12(8-15-11)16-6-9-2-1-3-10(4-9)13(18)19/h1-4,7-8H,6H2,(H,16,17)(H,18,19). The van der Waals surface area contributed by atoms with Gasteiger partial charge in [-0.05, 0) is 17.7 Å². The molecule has 1 aromatic carbocycles. The second-order valence-corrected chi connectivity index (χ2v) is 3.76. The second-order valence-electron chi connectivity index (χ2n) is 3.76. The highest BCUT2D eigenvalue weighted by molar-refractivity contribution is 5.87. The monoisotopic (exact) mass is 254 g/mol. The lowest BCUT2D eigenvalue weighted by atomic mass is 10.1. The molecule has 6 nitrogen and oxygen atoms in total. The number of carbonyl (C=O) groups is 1. The molecule has 2 aromatic rings. The van der Waals surface area contributed by atoms with E-state index in [1.165, 1.54) is 18.5 Å². The average Bonchev–Trinajstić information content (AvgIpc) is 2.46. The zero-order valence-corrected chi connectivity index (χ0v) is 9.87. The predicted molar refractivity (Wildman–Crippen MR) is 67.5 cm³/mol. The van der Waals surface area contributed by atoms with Gasteiger partial charge in [-0.3, -0.25) is 0 Å². The number of carboxylic acid groups (broad SMARTS) is 1. The third-order valence-electron chi connectivity index (χ3n) is 2.41. The summed E-state index contributed by atoms with van der Waals surface area (Å²) in [5.41, 5.74) is 1.31. The van der Waals surface area contributed by atoms with E-state index in [-0.39, 0.29) is 11.3 Å².